The van der Waals surface area contributed by atoms with Gasteiger partial charge in [0, 0.05) is 0 Å². The van der Waals surface area contributed by atoms with Crippen LogP contribution in [0.2, 0.25) is 0 Å². The van der Waals surface area contributed by atoms with Gasteiger partial charge in [-0.1, -0.05) is 24.3 Å². The Balaban J connectivity index is 1.81. The number of carbonyl (C=O) groups is 2. The molecule has 22 heavy (non-hydrogen) atoms. The van der Waals surface area contributed by atoms with Crippen LogP contribution in [0.1, 0.15) is 11.1 Å². The Morgan fingerprint density at radius 1 is 1.27 bits per heavy atom. The molecule has 2 fully saturated rings. The number of benzene rings is 1. The van der Waals surface area contributed by atoms with Gasteiger partial charge < -0.3 is 9.84 Å². The van der Waals surface area contributed by atoms with Gasteiger partial charge in [-0.25, -0.2) is 4.90 Å². The SMILES string of the molecule is Cc1ccc(C)c(N2C(=O)[C@@H]3[C@@H](C2=O)[C@@]2(CO)C=C[C@H]3O2)c1. The summed E-state index contributed by atoms with van der Waals surface area (Å²) >= 11 is 0. The number of aliphatic hydroxyl groups is 1. The smallest absolute Gasteiger partial charge is 0.241 e. The monoisotopic (exact) mass is 299 g/mol. The van der Waals surface area contributed by atoms with Crippen molar-refractivity contribution in [3.8, 4) is 0 Å². The molecule has 3 aliphatic heterocycles. The Labute approximate surface area is 128 Å². The van der Waals surface area contributed by atoms with Gasteiger partial charge >= 0.3 is 0 Å². The number of hydrogen-bond acceptors (Lipinski definition) is 4. The van der Waals surface area contributed by atoms with Gasteiger partial charge in [0.25, 0.3) is 0 Å². The second-order valence-corrected chi connectivity index (χ2v) is 6.36. The van der Waals surface area contributed by atoms with Crippen LogP contribution in [0.3, 0.4) is 0 Å². The third-order valence-electron chi connectivity index (χ3n) is 5.01. The number of nitrogens with zero attached hydrogens (tertiary/aromatic N) is 1. The van der Waals surface area contributed by atoms with Gasteiger partial charge in [-0.2, -0.15) is 0 Å². The van der Waals surface area contributed by atoms with E-state index in [4.69, 9.17) is 4.74 Å². The van der Waals surface area contributed by atoms with Gasteiger partial charge in [0.2, 0.25) is 11.8 Å². The van der Waals surface area contributed by atoms with E-state index in [0.717, 1.165) is 11.1 Å². The molecule has 0 aromatic heterocycles. The highest BCUT2D eigenvalue weighted by atomic mass is 16.5. The summed E-state index contributed by atoms with van der Waals surface area (Å²) in [6.45, 7) is 3.52. The van der Waals surface area contributed by atoms with Crippen molar-refractivity contribution in [3.05, 3.63) is 41.5 Å². The summed E-state index contributed by atoms with van der Waals surface area (Å²) in [5.41, 5.74) is 1.48. The molecule has 0 aliphatic carbocycles. The molecular weight excluding hydrogens is 282 g/mol. The second-order valence-electron chi connectivity index (χ2n) is 6.36. The normalized spacial score (nSPS) is 35.6. The molecule has 5 heteroatoms. The van der Waals surface area contributed by atoms with Crippen LogP contribution < -0.4 is 4.90 Å². The van der Waals surface area contributed by atoms with Crippen LogP contribution in [0.4, 0.5) is 5.69 Å². The molecule has 4 rings (SSSR count). The molecule has 3 heterocycles. The molecule has 1 aromatic rings. The molecule has 5 nitrogen and oxygen atoms in total. The lowest BCUT2D eigenvalue weighted by Crippen LogP contribution is -2.43. The van der Waals surface area contributed by atoms with Gasteiger partial charge in [0.05, 0.1) is 30.2 Å². The summed E-state index contributed by atoms with van der Waals surface area (Å²) in [6.07, 6.45) is 3.11. The Hall–Kier alpha value is -1.98. The number of anilines is 1. The Bertz CT molecular complexity index is 725. The summed E-state index contributed by atoms with van der Waals surface area (Å²) in [5.74, 6) is -1.65. The van der Waals surface area contributed by atoms with Crippen molar-refractivity contribution < 1.29 is 19.4 Å². The number of aliphatic hydroxyl groups excluding tert-OH is 1. The number of ether oxygens (including phenoxy) is 1. The van der Waals surface area contributed by atoms with Crippen molar-refractivity contribution in [2.24, 2.45) is 11.8 Å². The first-order valence-electron chi connectivity index (χ1n) is 7.41. The maximum Gasteiger partial charge on any atom is 0.241 e. The van der Waals surface area contributed by atoms with Crippen LogP contribution >= 0.6 is 0 Å². The minimum atomic E-state index is -1.03. The highest BCUT2D eigenvalue weighted by Crippen LogP contribution is 2.52. The average Bonchev–Trinajstić information content (AvgIpc) is 3.14. The molecule has 2 saturated heterocycles. The van der Waals surface area contributed by atoms with Crippen LogP contribution in [-0.2, 0) is 14.3 Å². The van der Waals surface area contributed by atoms with Crippen LogP contribution in [0.25, 0.3) is 0 Å². The summed E-state index contributed by atoms with van der Waals surface area (Å²) in [4.78, 5) is 27.0. The van der Waals surface area contributed by atoms with E-state index in [1.807, 2.05) is 32.0 Å². The molecule has 0 radical (unpaired) electrons. The molecule has 3 aliphatic rings. The fourth-order valence-corrected chi connectivity index (χ4v) is 3.88. The first-order chi connectivity index (χ1) is 10.5. The number of hydrogen-bond donors (Lipinski definition) is 1. The molecule has 1 N–H and O–H groups in total. The summed E-state index contributed by atoms with van der Waals surface area (Å²) in [6, 6.07) is 5.72. The van der Waals surface area contributed by atoms with Crippen molar-refractivity contribution in [2.45, 2.75) is 25.6 Å². The van der Waals surface area contributed by atoms with E-state index in [-0.39, 0.29) is 18.4 Å². The number of carbonyl (C=O) groups excluding carboxylic acids is 2. The zero-order valence-electron chi connectivity index (χ0n) is 12.4. The fraction of sp³-hybridized carbons (Fsp3) is 0.412. The molecule has 1 aromatic carbocycles. The average molecular weight is 299 g/mol. The molecule has 2 bridgehead atoms. The predicted octanol–water partition coefficient (Wildman–Crippen LogP) is 1.11. The van der Waals surface area contributed by atoms with E-state index in [1.165, 1.54) is 4.90 Å². The summed E-state index contributed by atoms with van der Waals surface area (Å²) in [5, 5.41) is 9.69. The predicted molar refractivity (Wildman–Crippen MR) is 79.2 cm³/mol. The number of fused-ring (bicyclic) bond motifs is 5. The zero-order chi connectivity index (χ0) is 15.6. The number of rotatable bonds is 2. The van der Waals surface area contributed by atoms with Crippen molar-refractivity contribution in [1.29, 1.82) is 0 Å². The van der Waals surface area contributed by atoms with Crippen molar-refractivity contribution in [3.63, 3.8) is 0 Å². The third kappa shape index (κ3) is 1.50. The van der Waals surface area contributed by atoms with Gasteiger partial charge in [0.1, 0.15) is 5.60 Å². The van der Waals surface area contributed by atoms with Crippen LogP contribution in [-0.4, -0.2) is 35.2 Å². The first-order valence-corrected chi connectivity index (χ1v) is 7.41. The second kappa shape index (κ2) is 4.27. The highest BCUT2D eigenvalue weighted by molar-refractivity contribution is 6.23. The molecule has 2 amide bonds. The Morgan fingerprint density at radius 2 is 2.05 bits per heavy atom. The summed E-state index contributed by atoms with van der Waals surface area (Å²) < 4.78 is 5.73. The van der Waals surface area contributed by atoms with Crippen molar-refractivity contribution >= 4 is 17.5 Å². The maximum absolute atomic E-state index is 12.9. The first kappa shape index (κ1) is 13.7. The quantitative estimate of drug-likeness (QED) is 0.656. The highest BCUT2D eigenvalue weighted by Gasteiger charge is 2.67. The van der Waals surface area contributed by atoms with E-state index < -0.39 is 23.5 Å². The van der Waals surface area contributed by atoms with Gasteiger partial charge in [-0.3, -0.25) is 9.59 Å². The third-order valence-corrected chi connectivity index (χ3v) is 5.01. The molecule has 0 saturated carbocycles. The standard InChI is InChI=1S/C17H17NO4/c1-9-3-4-10(2)11(7-9)18-15(20)13-12-5-6-17(8-19,22-12)14(13)16(18)21/h3-7,12-14,19H,8H2,1-2H3/t12-,13+,14+,17+/m1/s1. The largest absolute Gasteiger partial charge is 0.393 e. The van der Waals surface area contributed by atoms with E-state index >= 15 is 0 Å². The molecule has 0 spiro atoms. The van der Waals surface area contributed by atoms with Crippen LogP contribution in [0, 0.1) is 25.7 Å². The van der Waals surface area contributed by atoms with Crippen LogP contribution in [0.5, 0.6) is 0 Å². The molecular formula is C17H17NO4. The topological polar surface area (TPSA) is 66.8 Å². The lowest BCUT2D eigenvalue weighted by molar-refractivity contribution is -0.128. The maximum atomic E-state index is 12.9. The number of amides is 2. The minimum absolute atomic E-state index is 0.228. The van der Waals surface area contributed by atoms with E-state index in [1.54, 1.807) is 12.2 Å². The number of imide groups is 1. The number of aryl methyl sites for hydroxylation is 2. The van der Waals surface area contributed by atoms with E-state index in [9.17, 15) is 14.7 Å². The lowest BCUT2D eigenvalue weighted by Gasteiger charge is -2.26. The summed E-state index contributed by atoms with van der Waals surface area (Å²) in [7, 11) is 0. The molecule has 4 atom stereocenters. The Morgan fingerprint density at radius 3 is 2.77 bits per heavy atom. The fourth-order valence-electron chi connectivity index (χ4n) is 3.88. The molecule has 0 unspecified atom stereocenters. The van der Waals surface area contributed by atoms with E-state index in [2.05, 4.69) is 0 Å². The van der Waals surface area contributed by atoms with Gasteiger partial charge in [-0.15, -0.1) is 0 Å². The van der Waals surface area contributed by atoms with E-state index in [0.29, 0.717) is 5.69 Å². The van der Waals surface area contributed by atoms with Crippen molar-refractivity contribution in [2.75, 3.05) is 11.5 Å². The lowest BCUT2D eigenvalue weighted by atomic mass is 9.77. The zero-order valence-corrected chi connectivity index (χ0v) is 12.4. The minimum Gasteiger partial charge on any atom is -0.393 e. The van der Waals surface area contributed by atoms with Crippen molar-refractivity contribution in [1.82, 2.24) is 0 Å². The molecule has 114 valence electrons. The van der Waals surface area contributed by atoms with Crippen LogP contribution in [0.15, 0.2) is 30.4 Å². The van der Waals surface area contributed by atoms with Gasteiger partial charge in [-0.05, 0) is 31.0 Å². The van der Waals surface area contributed by atoms with Gasteiger partial charge in [0.15, 0.2) is 0 Å². The Kier molecular flexibility index (Phi) is 2.65.